The molecule has 1 saturated heterocycles. The lowest BCUT2D eigenvalue weighted by atomic mass is 10.0. The summed E-state index contributed by atoms with van der Waals surface area (Å²) in [6.07, 6.45) is 8.12. The summed E-state index contributed by atoms with van der Waals surface area (Å²) in [5, 5.41) is 8.00. The predicted octanol–water partition coefficient (Wildman–Crippen LogP) is 4.84. The Balaban J connectivity index is 1.40. The van der Waals surface area contributed by atoms with Crippen molar-refractivity contribution in [2.75, 3.05) is 13.1 Å². The third-order valence-electron chi connectivity index (χ3n) is 7.09. The zero-order valence-corrected chi connectivity index (χ0v) is 21.8. The first-order valence-electron chi connectivity index (χ1n) is 12.9. The molecule has 0 amide bonds. The van der Waals surface area contributed by atoms with Crippen molar-refractivity contribution >= 4 is 28.5 Å². The summed E-state index contributed by atoms with van der Waals surface area (Å²) in [5.41, 5.74) is 4.97. The van der Waals surface area contributed by atoms with Gasteiger partial charge in [-0.2, -0.15) is 5.10 Å². The summed E-state index contributed by atoms with van der Waals surface area (Å²) in [6.45, 7) is 6.09. The van der Waals surface area contributed by atoms with Crippen molar-refractivity contribution in [3.8, 4) is 22.6 Å². The number of fused-ring (bicyclic) bond motifs is 1. The Morgan fingerprint density at radius 3 is 2.73 bits per heavy atom. The molecule has 5 heterocycles. The van der Waals surface area contributed by atoms with E-state index in [2.05, 4.69) is 31.7 Å². The van der Waals surface area contributed by atoms with Gasteiger partial charge in [-0.3, -0.25) is 20.0 Å². The van der Waals surface area contributed by atoms with Gasteiger partial charge in [0.15, 0.2) is 5.82 Å². The van der Waals surface area contributed by atoms with Crippen LogP contribution in [-0.2, 0) is 6.54 Å². The Kier molecular flexibility index (Phi) is 6.55. The third kappa shape index (κ3) is 4.82. The number of likely N-dealkylation sites (tertiary alicyclic amines) is 1. The number of nitrogens with one attached hydrogen (secondary N) is 2. The van der Waals surface area contributed by atoms with Gasteiger partial charge in [0.05, 0.1) is 28.1 Å². The quantitative estimate of drug-likeness (QED) is 0.321. The molecule has 40 heavy (non-hydrogen) atoms. The van der Waals surface area contributed by atoms with E-state index in [0.717, 1.165) is 22.2 Å². The zero-order valence-electron chi connectivity index (χ0n) is 21.8. The maximum atomic E-state index is 16.2. The average molecular weight is 542 g/mol. The Hall–Kier alpha value is -4.57. The molecule has 4 aromatic heterocycles. The summed E-state index contributed by atoms with van der Waals surface area (Å²) in [6, 6.07) is 11.3. The molecule has 1 aromatic carbocycles. The predicted molar refractivity (Wildman–Crippen MR) is 149 cm³/mol. The fraction of sp³-hybridized carbons (Fsp3) is 0.200. The monoisotopic (exact) mass is 541 g/mol. The lowest BCUT2D eigenvalue weighted by Gasteiger charge is -2.16. The zero-order chi connectivity index (χ0) is 27.9. The number of rotatable bonds is 6. The second-order valence-corrected chi connectivity index (χ2v) is 9.86. The second-order valence-electron chi connectivity index (χ2n) is 9.86. The van der Waals surface area contributed by atoms with Gasteiger partial charge in [-0.15, -0.1) is 0 Å². The molecule has 10 heteroatoms. The molecular formula is C30H26F3N7. The van der Waals surface area contributed by atoms with Crippen molar-refractivity contribution in [1.29, 1.82) is 0 Å². The molecule has 5 aromatic rings. The Morgan fingerprint density at radius 2 is 1.98 bits per heavy atom. The Labute approximate surface area is 227 Å². The molecule has 0 spiro atoms. The number of hydrogen-bond acceptors (Lipinski definition) is 5. The van der Waals surface area contributed by atoms with Gasteiger partial charge in [-0.05, 0) is 42.3 Å². The van der Waals surface area contributed by atoms with Crippen LogP contribution in [0.5, 0.6) is 0 Å². The molecule has 1 aliphatic rings. The smallest absolute Gasteiger partial charge is 0.261 e. The molecule has 0 radical (unpaired) electrons. The van der Waals surface area contributed by atoms with Crippen molar-refractivity contribution in [3.05, 3.63) is 89.5 Å². The van der Waals surface area contributed by atoms with E-state index in [9.17, 15) is 8.78 Å². The van der Waals surface area contributed by atoms with Crippen LogP contribution < -0.4 is 10.6 Å². The van der Waals surface area contributed by atoms with Crippen LogP contribution in [0.25, 0.3) is 51.2 Å². The maximum Gasteiger partial charge on any atom is 0.261 e. The number of aromatic amines is 2. The minimum atomic E-state index is -2.69. The standard InChI is InChI=1S/C30H26F3N7/c1-3-23-25(26(31)18(2)21-13-19(14-35-15-21)16-40-12-9-30(32,33)17-40)28(39-38-23)29-36-24-6-4-5-22(27(24)37-29)20-7-10-34-11-8-20/h3-8,10-11,13-15,38H,2,9,12,16-17H2,1H3,(H,36,37)/b23-3+,26-25-. The number of benzene rings is 1. The molecule has 7 nitrogen and oxygen atoms in total. The van der Waals surface area contributed by atoms with E-state index in [1.807, 2.05) is 30.3 Å². The SMILES string of the molecule is C=C(/C(F)=c1/c(-c2nc3c(-c4ccncc4)cccc3[nH]2)n[nH]/c1=C/C)c1cncc(CN2CCC(F)(F)C2)c1. The van der Waals surface area contributed by atoms with Crippen molar-refractivity contribution in [2.45, 2.75) is 25.8 Å². The fourth-order valence-corrected chi connectivity index (χ4v) is 5.08. The van der Waals surface area contributed by atoms with Crippen molar-refractivity contribution < 1.29 is 13.2 Å². The van der Waals surface area contributed by atoms with E-state index in [1.54, 1.807) is 42.6 Å². The normalized spacial score (nSPS) is 16.6. The molecule has 0 unspecified atom stereocenters. The van der Waals surface area contributed by atoms with Gasteiger partial charge in [0, 0.05) is 61.0 Å². The number of pyridine rings is 2. The van der Waals surface area contributed by atoms with E-state index in [0.29, 0.717) is 41.1 Å². The van der Waals surface area contributed by atoms with E-state index < -0.39 is 11.7 Å². The molecule has 0 bridgehead atoms. The topological polar surface area (TPSA) is 86.4 Å². The molecule has 1 aliphatic heterocycles. The minimum absolute atomic E-state index is 0.112. The molecule has 202 valence electrons. The number of allylic oxidation sites excluding steroid dienone is 1. The van der Waals surface area contributed by atoms with Crippen molar-refractivity contribution in [3.63, 3.8) is 0 Å². The van der Waals surface area contributed by atoms with Crippen LogP contribution in [0.1, 0.15) is 24.5 Å². The summed E-state index contributed by atoms with van der Waals surface area (Å²) in [5.74, 6) is -2.87. The van der Waals surface area contributed by atoms with Crippen LogP contribution in [0.4, 0.5) is 13.2 Å². The first-order chi connectivity index (χ1) is 19.3. The van der Waals surface area contributed by atoms with Crippen LogP contribution in [0, 0.1) is 0 Å². The second kappa shape index (κ2) is 10.2. The number of hydrogen-bond donors (Lipinski definition) is 2. The van der Waals surface area contributed by atoms with Gasteiger partial charge < -0.3 is 4.98 Å². The van der Waals surface area contributed by atoms with Gasteiger partial charge in [-0.25, -0.2) is 18.2 Å². The van der Waals surface area contributed by atoms with Crippen LogP contribution in [-0.4, -0.2) is 54.0 Å². The number of alkyl halides is 2. The highest BCUT2D eigenvalue weighted by Gasteiger charge is 2.37. The van der Waals surface area contributed by atoms with Crippen LogP contribution >= 0.6 is 0 Å². The largest absolute Gasteiger partial charge is 0.337 e. The number of imidazole rings is 1. The number of H-pyrrole nitrogens is 2. The summed E-state index contributed by atoms with van der Waals surface area (Å²) in [7, 11) is 0. The maximum absolute atomic E-state index is 16.2. The summed E-state index contributed by atoms with van der Waals surface area (Å²) in [4.78, 5) is 18.1. The summed E-state index contributed by atoms with van der Waals surface area (Å²) < 4.78 is 43.5. The fourth-order valence-electron chi connectivity index (χ4n) is 5.08. The highest BCUT2D eigenvalue weighted by atomic mass is 19.3. The van der Waals surface area contributed by atoms with Gasteiger partial charge >= 0.3 is 0 Å². The highest BCUT2D eigenvalue weighted by Crippen LogP contribution is 2.30. The number of aromatic nitrogens is 6. The number of nitrogens with zero attached hydrogens (tertiary/aromatic N) is 5. The highest BCUT2D eigenvalue weighted by molar-refractivity contribution is 5.95. The Morgan fingerprint density at radius 1 is 1.15 bits per heavy atom. The molecule has 0 atom stereocenters. The Bertz CT molecular complexity index is 1840. The van der Waals surface area contributed by atoms with E-state index >= 15 is 4.39 Å². The summed E-state index contributed by atoms with van der Waals surface area (Å²) >= 11 is 0. The molecule has 2 N–H and O–H groups in total. The first-order valence-corrected chi connectivity index (χ1v) is 12.9. The lowest BCUT2D eigenvalue weighted by Crippen LogP contribution is -2.26. The van der Waals surface area contributed by atoms with E-state index in [-0.39, 0.29) is 23.8 Å². The van der Waals surface area contributed by atoms with Gasteiger partial charge in [0.2, 0.25) is 0 Å². The molecular weight excluding hydrogens is 515 g/mol. The lowest BCUT2D eigenvalue weighted by molar-refractivity contribution is 0.0115. The van der Waals surface area contributed by atoms with Crippen LogP contribution in [0.15, 0.2) is 67.8 Å². The van der Waals surface area contributed by atoms with Crippen LogP contribution in [0.2, 0.25) is 0 Å². The number of halogens is 3. The van der Waals surface area contributed by atoms with Crippen LogP contribution in [0.3, 0.4) is 0 Å². The van der Waals surface area contributed by atoms with E-state index in [1.165, 1.54) is 6.20 Å². The van der Waals surface area contributed by atoms with Gasteiger partial charge in [0.1, 0.15) is 11.5 Å². The number of para-hydroxylation sites is 1. The molecule has 0 aliphatic carbocycles. The molecule has 0 saturated carbocycles. The average Bonchev–Trinajstić information content (AvgIpc) is 3.68. The van der Waals surface area contributed by atoms with Crippen molar-refractivity contribution in [1.82, 2.24) is 35.0 Å². The first kappa shape index (κ1) is 25.7. The molecule has 1 fully saturated rings. The minimum Gasteiger partial charge on any atom is -0.337 e. The molecule has 6 rings (SSSR count). The van der Waals surface area contributed by atoms with Gasteiger partial charge in [-0.1, -0.05) is 24.8 Å². The third-order valence-corrected chi connectivity index (χ3v) is 7.09. The van der Waals surface area contributed by atoms with Gasteiger partial charge in [0.25, 0.3) is 5.92 Å². The van der Waals surface area contributed by atoms with E-state index in [4.69, 9.17) is 4.98 Å². The van der Waals surface area contributed by atoms with Crippen molar-refractivity contribution in [2.24, 2.45) is 0 Å².